The molecule has 0 fully saturated rings. The van der Waals surface area contributed by atoms with Gasteiger partial charge in [-0.2, -0.15) is 0 Å². The Balaban J connectivity index is 1.95. The fraction of sp³-hybridized carbons (Fsp3) is 0.333. The lowest BCUT2D eigenvalue weighted by atomic mass is 10.0. The first-order valence-electron chi connectivity index (χ1n) is 12.1. The van der Waals surface area contributed by atoms with Gasteiger partial charge in [0.05, 0.1) is 0 Å². The van der Waals surface area contributed by atoms with E-state index < -0.39 is 11.6 Å². The van der Waals surface area contributed by atoms with Gasteiger partial charge in [0.25, 0.3) is 5.91 Å². The summed E-state index contributed by atoms with van der Waals surface area (Å²) in [5.74, 6) is 0.128. The van der Waals surface area contributed by atoms with Crippen molar-refractivity contribution in [2.24, 2.45) is 0 Å². The van der Waals surface area contributed by atoms with Gasteiger partial charge in [0.15, 0.2) is 6.61 Å². The summed E-state index contributed by atoms with van der Waals surface area (Å²) < 4.78 is 5.93. The predicted octanol–water partition coefficient (Wildman–Crippen LogP) is 5.89. The molecule has 6 heteroatoms. The number of ether oxygens (including phenoxy) is 1. The Morgan fingerprint density at radius 1 is 0.972 bits per heavy atom. The Morgan fingerprint density at radius 2 is 1.64 bits per heavy atom. The number of amides is 2. The Labute approximate surface area is 219 Å². The Kier molecular flexibility index (Phi) is 9.16. The zero-order valence-electron chi connectivity index (χ0n) is 21.7. The van der Waals surface area contributed by atoms with Gasteiger partial charge in [-0.15, -0.1) is 0 Å². The van der Waals surface area contributed by atoms with E-state index in [9.17, 15) is 9.59 Å². The number of nitrogens with one attached hydrogen (secondary N) is 1. The molecule has 3 aromatic rings. The molecule has 0 aromatic heterocycles. The lowest BCUT2D eigenvalue weighted by Gasteiger charge is -2.34. The summed E-state index contributed by atoms with van der Waals surface area (Å²) in [6.45, 7) is 9.72. The monoisotopic (exact) mass is 506 g/mol. The van der Waals surface area contributed by atoms with Crippen LogP contribution in [0, 0.1) is 13.8 Å². The summed E-state index contributed by atoms with van der Waals surface area (Å²) in [4.78, 5) is 28.8. The minimum absolute atomic E-state index is 0.184. The normalized spacial score (nSPS) is 12.1. The van der Waals surface area contributed by atoms with E-state index in [0.717, 1.165) is 22.3 Å². The summed E-state index contributed by atoms with van der Waals surface area (Å²) >= 11 is 6.46. The molecule has 190 valence electrons. The molecule has 5 nitrogen and oxygen atoms in total. The van der Waals surface area contributed by atoms with E-state index in [1.807, 2.05) is 101 Å². The molecule has 36 heavy (non-hydrogen) atoms. The van der Waals surface area contributed by atoms with Gasteiger partial charge >= 0.3 is 0 Å². The number of carbonyl (C=O) groups is 2. The van der Waals surface area contributed by atoms with E-state index in [0.29, 0.717) is 17.2 Å². The molecule has 0 saturated carbocycles. The van der Waals surface area contributed by atoms with Crippen LogP contribution >= 0.6 is 11.6 Å². The van der Waals surface area contributed by atoms with E-state index in [2.05, 4.69) is 5.32 Å². The first-order valence-corrected chi connectivity index (χ1v) is 12.5. The largest absolute Gasteiger partial charge is 0.483 e. The van der Waals surface area contributed by atoms with E-state index in [1.54, 1.807) is 11.0 Å². The maximum atomic E-state index is 13.7. The molecule has 0 aliphatic rings. The maximum Gasteiger partial charge on any atom is 0.261 e. The van der Waals surface area contributed by atoms with Crippen LogP contribution in [0.3, 0.4) is 0 Å². The minimum Gasteiger partial charge on any atom is -0.483 e. The van der Waals surface area contributed by atoms with E-state index in [-0.39, 0.29) is 25.0 Å². The molecule has 0 aliphatic carbocycles. The van der Waals surface area contributed by atoms with Crippen LogP contribution in [0.2, 0.25) is 5.02 Å². The van der Waals surface area contributed by atoms with Gasteiger partial charge < -0.3 is 15.0 Å². The van der Waals surface area contributed by atoms with Crippen LogP contribution in [0.1, 0.15) is 43.0 Å². The Hall–Kier alpha value is -3.31. The van der Waals surface area contributed by atoms with Crippen molar-refractivity contribution in [3.63, 3.8) is 0 Å². The first kappa shape index (κ1) is 27.3. The smallest absolute Gasteiger partial charge is 0.261 e. The van der Waals surface area contributed by atoms with Gasteiger partial charge in [-0.05, 0) is 63.4 Å². The van der Waals surface area contributed by atoms with Crippen molar-refractivity contribution in [3.05, 3.63) is 100 Å². The van der Waals surface area contributed by atoms with Crippen LogP contribution in [-0.4, -0.2) is 34.9 Å². The highest BCUT2D eigenvalue weighted by atomic mass is 35.5. The lowest BCUT2D eigenvalue weighted by molar-refractivity contribution is -0.143. The second-order valence-corrected chi connectivity index (χ2v) is 10.5. The molecule has 3 aromatic carbocycles. The van der Waals surface area contributed by atoms with Crippen LogP contribution in [0.25, 0.3) is 0 Å². The second kappa shape index (κ2) is 12.1. The van der Waals surface area contributed by atoms with Gasteiger partial charge in [0.2, 0.25) is 5.91 Å². The quantitative estimate of drug-likeness (QED) is 0.393. The van der Waals surface area contributed by atoms with Gasteiger partial charge in [-0.25, -0.2) is 0 Å². The van der Waals surface area contributed by atoms with Crippen molar-refractivity contribution in [1.29, 1.82) is 0 Å². The summed E-state index contributed by atoms with van der Waals surface area (Å²) in [6, 6.07) is 22.1. The van der Waals surface area contributed by atoms with Crippen LogP contribution in [0.15, 0.2) is 72.8 Å². The fourth-order valence-electron chi connectivity index (χ4n) is 4.00. The Morgan fingerprint density at radius 3 is 2.28 bits per heavy atom. The molecule has 0 aliphatic heterocycles. The summed E-state index contributed by atoms with van der Waals surface area (Å²) in [7, 11) is 0. The lowest BCUT2D eigenvalue weighted by Crippen LogP contribution is -2.55. The second-order valence-electron chi connectivity index (χ2n) is 10.1. The zero-order valence-corrected chi connectivity index (χ0v) is 22.4. The molecule has 1 unspecified atom stereocenters. The van der Waals surface area contributed by atoms with E-state index in [1.165, 1.54) is 0 Å². The van der Waals surface area contributed by atoms with Gasteiger partial charge in [-0.3, -0.25) is 9.59 Å². The third-order valence-corrected chi connectivity index (χ3v) is 6.12. The number of aryl methyl sites for hydroxylation is 2. The van der Waals surface area contributed by atoms with Gasteiger partial charge in [0, 0.05) is 23.5 Å². The molecule has 0 bridgehead atoms. The third kappa shape index (κ3) is 7.85. The number of halogens is 1. The molecule has 1 atom stereocenters. The van der Waals surface area contributed by atoms with Crippen LogP contribution in [0.5, 0.6) is 5.75 Å². The third-order valence-electron chi connectivity index (χ3n) is 5.75. The molecule has 0 radical (unpaired) electrons. The highest BCUT2D eigenvalue weighted by Crippen LogP contribution is 2.22. The molecular weight excluding hydrogens is 472 g/mol. The molecule has 0 saturated heterocycles. The maximum absolute atomic E-state index is 13.7. The molecule has 1 N–H and O–H groups in total. The van der Waals surface area contributed by atoms with Crippen molar-refractivity contribution >= 4 is 23.4 Å². The average molecular weight is 507 g/mol. The minimum atomic E-state index is -0.752. The van der Waals surface area contributed by atoms with Crippen molar-refractivity contribution in [3.8, 4) is 5.75 Å². The number of hydrogen-bond donors (Lipinski definition) is 1. The molecule has 0 heterocycles. The van der Waals surface area contributed by atoms with Crippen LogP contribution in [-0.2, 0) is 22.6 Å². The highest BCUT2D eigenvalue weighted by Gasteiger charge is 2.32. The summed E-state index contributed by atoms with van der Waals surface area (Å²) in [5.41, 5.74) is 3.33. The summed E-state index contributed by atoms with van der Waals surface area (Å²) in [6.07, 6.45) is 0.364. The van der Waals surface area contributed by atoms with Crippen LogP contribution < -0.4 is 10.1 Å². The zero-order chi connectivity index (χ0) is 26.3. The van der Waals surface area contributed by atoms with Crippen molar-refractivity contribution < 1.29 is 14.3 Å². The standard InChI is InChI=1S/C30H35ClN2O3/c1-21-15-16-27(22(2)17-21)36-20-28(34)33(19-24-13-9-10-14-25(24)31)26(29(35)32-30(3,4)5)18-23-11-7-6-8-12-23/h6-17,26H,18-20H2,1-5H3,(H,32,35). The highest BCUT2D eigenvalue weighted by molar-refractivity contribution is 6.31. The average Bonchev–Trinajstić information content (AvgIpc) is 2.81. The number of benzene rings is 3. The van der Waals surface area contributed by atoms with Crippen LogP contribution in [0.4, 0.5) is 0 Å². The summed E-state index contributed by atoms with van der Waals surface area (Å²) in [5, 5.41) is 3.60. The number of nitrogens with zero attached hydrogens (tertiary/aromatic N) is 1. The number of rotatable bonds is 9. The molecular formula is C30H35ClN2O3. The SMILES string of the molecule is Cc1ccc(OCC(=O)N(Cc2ccccc2Cl)C(Cc2ccccc2)C(=O)NC(C)(C)C)c(C)c1. The molecule has 3 rings (SSSR count). The van der Waals surface area contributed by atoms with Crippen molar-refractivity contribution in [2.45, 2.75) is 59.2 Å². The van der Waals surface area contributed by atoms with Gasteiger partial charge in [0.1, 0.15) is 11.8 Å². The Bertz CT molecular complexity index is 1190. The van der Waals surface area contributed by atoms with Crippen molar-refractivity contribution in [2.75, 3.05) is 6.61 Å². The number of carbonyl (C=O) groups excluding carboxylic acids is 2. The number of hydrogen-bond acceptors (Lipinski definition) is 3. The van der Waals surface area contributed by atoms with E-state index in [4.69, 9.17) is 16.3 Å². The molecule has 0 spiro atoms. The van der Waals surface area contributed by atoms with Crippen molar-refractivity contribution in [1.82, 2.24) is 10.2 Å². The topological polar surface area (TPSA) is 58.6 Å². The van der Waals surface area contributed by atoms with Gasteiger partial charge in [-0.1, -0.05) is 77.8 Å². The van der Waals surface area contributed by atoms with E-state index >= 15 is 0 Å². The first-order chi connectivity index (χ1) is 17.0. The fourth-order valence-corrected chi connectivity index (χ4v) is 4.20. The molecule has 2 amide bonds. The predicted molar refractivity (Wildman–Crippen MR) is 145 cm³/mol.